The summed E-state index contributed by atoms with van der Waals surface area (Å²) in [6.45, 7) is 8.38. The maximum absolute atomic E-state index is 12.1. The summed E-state index contributed by atoms with van der Waals surface area (Å²) < 4.78 is 1.36. The van der Waals surface area contributed by atoms with Crippen LogP contribution >= 0.6 is 11.3 Å². The third-order valence-electron chi connectivity index (χ3n) is 4.24. The van der Waals surface area contributed by atoms with Crippen LogP contribution in [0.5, 0.6) is 0 Å². The van der Waals surface area contributed by atoms with Gasteiger partial charge in [-0.25, -0.2) is 14.5 Å². The molecule has 0 aliphatic rings. The summed E-state index contributed by atoms with van der Waals surface area (Å²) in [5, 5.41) is 11.0. The van der Waals surface area contributed by atoms with Crippen LogP contribution in [0.25, 0.3) is 10.6 Å². The molecule has 0 aliphatic heterocycles. The lowest BCUT2D eigenvalue weighted by Gasteiger charge is -2.11. The normalized spacial score (nSPS) is 10.7. The molecular formula is C20H23N5O2S. The summed E-state index contributed by atoms with van der Waals surface area (Å²) >= 11 is 1.55. The first-order valence-electron chi connectivity index (χ1n) is 8.98. The van der Waals surface area contributed by atoms with Crippen LogP contribution in [-0.2, 0) is 6.54 Å². The first kappa shape index (κ1) is 19.8. The average Bonchev–Trinajstić information content (AvgIpc) is 2.97. The molecule has 1 aromatic carbocycles. The molecule has 2 amide bonds. The molecular weight excluding hydrogens is 374 g/mol. The van der Waals surface area contributed by atoms with Crippen LogP contribution in [0, 0.1) is 27.7 Å². The number of aromatic nitrogens is 3. The van der Waals surface area contributed by atoms with Crippen molar-refractivity contribution in [3.8, 4) is 10.6 Å². The lowest BCUT2D eigenvalue weighted by atomic mass is 10.1. The quantitative estimate of drug-likeness (QED) is 0.690. The Morgan fingerprint density at radius 3 is 2.61 bits per heavy atom. The van der Waals surface area contributed by atoms with Gasteiger partial charge in [-0.15, -0.1) is 11.3 Å². The number of carbonyl (C=O) groups excluding carboxylic acids is 1. The van der Waals surface area contributed by atoms with Gasteiger partial charge >= 0.3 is 6.03 Å². The third-order valence-corrected chi connectivity index (χ3v) is 5.34. The van der Waals surface area contributed by atoms with Crippen LogP contribution in [0.3, 0.4) is 0 Å². The average molecular weight is 398 g/mol. The van der Waals surface area contributed by atoms with Crippen molar-refractivity contribution in [1.82, 2.24) is 20.1 Å². The number of nitrogens with one attached hydrogen (secondary N) is 2. The van der Waals surface area contributed by atoms with Gasteiger partial charge in [-0.1, -0.05) is 17.7 Å². The van der Waals surface area contributed by atoms with Crippen molar-refractivity contribution in [3.05, 3.63) is 62.5 Å². The molecule has 2 heterocycles. The minimum atomic E-state index is -0.315. The molecule has 7 nitrogen and oxygen atoms in total. The summed E-state index contributed by atoms with van der Waals surface area (Å²) in [6, 6.07) is 8.71. The highest BCUT2D eigenvalue weighted by Crippen LogP contribution is 2.27. The number of rotatable bonds is 5. The van der Waals surface area contributed by atoms with E-state index in [4.69, 9.17) is 0 Å². The second kappa shape index (κ2) is 8.35. The van der Waals surface area contributed by atoms with E-state index in [9.17, 15) is 9.59 Å². The van der Waals surface area contributed by atoms with Crippen LogP contribution in [0.4, 0.5) is 10.5 Å². The molecule has 0 aliphatic carbocycles. The van der Waals surface area contributed by atoms with E-state index in [-0.39, 0.29) is 24.7 Å². The maximum Gasteiger partial charge on any atom is 0.319 e. The largest absolute Gasteiger partial charge is 0.336 e. The van der Waals surface area contributed by atoms with Crippen LogP contribution < -0.4 is 16.2 Å². The fraction of sp³-hybridized carbons (Fsp3) is 0.300. The van der Waals surface area contributed by atoms with Crippen molar-refractivity contribution in [2.45, 2.75) is 34.2 Å². The number of thiazole rings is 1. The molecule has 3 rings (SSSR count). The number of nitrogens with zero attached hydrogens (tertiary/aromatic N) is 3. The predicted octanol–water partition coefficient (Wildman–Crippen LogP) is 3.42. The molecule has 0 atom stereocenters. The Morgan fingerprint density at radius 2 is 1.93 bits per heavy atom. The van der Waals surface area contributed by atoms with Crippen molar-refractivity contribution < 1.29 is 4.79 Å². The summed E-state index contributed by atoms with van der Waals surface area (Å²) in [6.07, 6.45) is 0. The minimum absolute atomic E-state index is 0.209. The highest BCUT2D eigenvalue weighted by atomic mass is 32.1. The van der Waals surface area contributed by atoms with Crippen LogP contribution in [-0.4, -0.2) is 27.3 Å². The predicted molar refractivity (Wildman–Crippen MR) is 112 cm³/mol. The van der Waals surface area contributed by atoms with E-state index in [1.54, 1.807) is 17.4 Å². The van der Waals surface area contributed by atoms with Gasteiger partial charge in [0.05, 0.1) is 22.1 Å². The van der Waals surface area contributed by atoms with Crippen molar-refractivity contribution in [2.75, 3.05) is 11.9 Å². The third kappa shape index (κ3) is 4.64. The van der Waals surface area contributed by atoms with Crippen molar-refractivity contribution in [3.63, 3.8) is 0 Å². The van der Waals surface area contributed by atoms with Crippen molar-refractivity contribution >= 4 is 23.1 Å². The Hall–Kier alpha value is -3.00. The Labute approximate surface area is 167 Å². The molecule has 0 radical (unpaired) electrons. The standard InChI is InChI=1S/C20H23N5O2S/c1-12-5-6-16(13(2)11-12)23-20(27)21-9-10-25-18(26)8-7-17(24-25)19-14(3)22-15(4)28-19/h5-8,11H,9-10H2,1-4H3,(H2,21,23,27). The summed E-state index contributed by atoms with van der Waals surface area (Å²) in [4.78, 5) is 29.6. The molecule has 2 N–H and O–H groups in total. The van der Waals surface area contributed by atoms with Crippen LogP contribution in [0.2, 0.25) is 0 Å². The van der Waals surface area contributed by atoms with Gasteiger partial charge in [0.25, 0.3) is 5.56 Å². The minimum Gasteiger partial charge on any atom is -0.336 e. The zero-order valence-electron chi connectivity index (χ0n) is 16.4. The zero-order chi connectivity index (χ0) is 20.3. The van der Waals surface area contributed by atoms with Gasteiger partial charge in [0, 0.05) is 18.3 Å². The fourth-order valence-electron chi connectivity index (χ4n) is 2.89. The number of hydrogen-bond acceptors (Lipinski definition) is 5. The van der Waals surface area contributed by atoms with Gasteiger partial charge in [-0.2, -0.15) is 5.10 Å². The Bertz CT molecular complexity index is 1070. The molecule has 2 aromatic heterocycles. The summed E-state index contributed by atoms with van der Waals surface area (Å²) in [5.41, 5.74) is 4.29. The smallest absolute Gasteiger partial charge is 0.319 e. The fourth-order valence-corrected chi connectivity index (χ4v) is 3.78. The van der Waals surface area contributed by atoms with E-state index in [0.717, 1.165) is 32.4 Å². The second-order valence-electron chi connectivity index (χ2n) is 6.63. The highest BCUT2D eigenvalue weighted by molar-refractivity contribution is 7.15. The molecule has 3 aromatic rings. The molecule has 146 valence electrons. The van der Waals surface area contributed by atoms with Crippen LogP contribution in [0.15, 0.2) is 35.1 Å². The van der Waals surface area contributed by atoms with E-state index in [2.05, 4.69) is 20.7 Å². The van der Waals surface area contributed by atoms with E-state index in [1.807, 2.05) is 45.9 Å². The number of carbonyl (C=O) groups is 1. The van der Waals surface area contributed by atoms with Crippen molar-refractivity contribution in [2.24, 2.45) is 0 Å². The monoisotopic (exact) mass is 397 g/mol. The number of hydrogen-bond donors (Lipinski definition) is 2. The molecule has 8 heteroatoms. The van der Waals surface area contributed by atoms with E-state index in [0.29, 0.717) is 5.69 Å². The van der Waals surface area contributed by atoms with Gasteiger partial charge in [-0.05, 0) is 45.4 Å². The highest BCUT2D eigenvalue weighted by Gasteiger charge is 2.11. The Kier molecular flexibility index (Phi) is 5.89. The number of anilines is 1. The van der Waals surface area contributed by atoms with Crippen LogP contribution in [0.1, 0.15) is 21.8 Å². The lowest BCUT2D eigenvalue weighted by molar-refractivity contribution is 0.251. The van der Waals surface area contributed by atoms with Gasteiger partial charge in [-0.3, -0.25) is 4.79 Å². The summed E-state index contributed by atoms with van der Waals surface area (Å²) in [7, 11) is 0. The first-order valence-corrected chi connectivity index (χ1v) is 9.80. The van der Waals surface area contributed by atoms with E-state index >= 15 is 0 Å². The maximum atomic E-state index is 12.1. The zero-order valence-corrected chi connectivity index (χ0v) is 17.2. The first-order chi connectivity index (χ1) is 13.3. The molecule has 0 unspecified atom stereocenters. The van der Waals surface area contributed by atoms with Crippen molar-refractivity contribution in [1.29, 1.82) is 0 Å². The summed E-state index contributed by atoms with van der Waals surface area (Å²) in [5.74, 6) is 0. The number of amides is 2. The SMILES string of the molecule is Cc1ccc(NC(=O)NCCn2nc(-c3sc(C)nc3C)ccc2=O)c(C)c1. The van der Waals surface area contributed by atoms with E-state index in [1.165, 1.54) is 10.7 Å². The van der Waals surface area contributed by atoms with Gasteiger partial charge in [0.1, 0.15) is 5.69 Å². The van der Waals surface area contributed by atoms with Gasteiger partial charge < -0.3 is 10.6 Å². The molecule has 0 spiro atoms. The van der Waals surface area contributed by atoms with Gasteiger partial charge in [0.2, 0.25) is 0 Å². The second-order valence-corrected chi connectivity index (χ2v) is 7.83. The molecule has 0 saturated heterocycles. The topological polar surface area (TPSA) is 88.9 Å². The molecule has 28 heavy (non-hydrogen) atoms. The molecule has 0 bridgehead atoms. The lowest BCUT2D eigenvalue weighted by Crippen LogP contribution is -2.34. The number of aryl methyl sites for hydroxylation is 4. The number of benzene rings is 1. The van der Waals surface area contributed by atoms with E-state index < -0.39 is 0 Å². The Morgan fingerprint density at radius 1 is 1.14 bits per heavy atom. The van der Waals surface area contributed by atoms with Gasteiger partial charge in [0.15, 0.2) is 0 Å². The molecule has 0 fully saturated rings. The Balaban J connectivity index is 1.63. The molecule has 0 saturated carbocycles. The number of urea groups is 1.